The molecular formula is C9H16O3. The van der Waals surface area contributed by atoms with Crippen LogP contribution in [0.5, 0.6) is 0 Å². The van der Waals surface area contributed by atoms with E-state index in [1.807, 2.05) is 0 Å². The molecule has 3 nitrogen and oxygen atoms in total. The zero-order valence-electron chi connectivity index (χ0n) is 7.36. The summed E-state index contributed by atoms with van der Waals surface area (Å²) in [6, 6.07) is 0. The minimum Gasteiger partial charge on any atom is -0.478 e. The number of aliphatic hydroxyl groups is 1. The molecule has 2 N–H and O–H groups in total. The summed E-state index contributed by atoms with van der Waals surface area (Å²) >= 11 is 0. The van der Waals surface area contributed by atoms with Crippen molar-refractivity contribution in [3.63, 3.8) is 0 Å². The maximum atomic E-state index is 10.0. The second-order valence-corrected chi connectivity index (χ2v) is 2.76. The Kier molecular flexibility index (Phi) is 6.38. The average Bonchev–Trinajstić information content (AvgIpc) is 2.01. The van der Waals surface area contributed by atoms with Crippen molar-refractivity contribution in [3.8, 4) is 0 Å². The Balaban J connectivity index is 3.45. The summed E-state index contributed by atoms with van der Waals surface area (Å²) in [4.78, 5) is 10.0. The van der Waals surface area contributed by atoms with Gasteiger partial charge in [-0.1, -0.05) is 26.2 Å². The predicted octanol–water partition coefficient (Wildman–Crippen LogP) is 1.57. The number of carboxylic acid groups (broad SMARTS) is 1. The van der Waals surface area contributed by atoms with E-state index in [1.54, 1.807) is 0 Å². The SMILES string of the molecule is CCCCCC(O)/C=C\C(=O)O. The van der Waals surface area contributed by atoms with Crippen molar-refractivity contribution >= 4 is 5.97 Å². The van der Waals surface area contributed by atoms with Gasteiger partial charge in [0.1, 0.15) is 0 Å². The Morgan fingerprint density at radius 1 is 1.50 bits per heavy atom. The van der Waals surface area contributed by atoms with Crippen LogP contribution < -0.4 is 0 Å². The van der Waals surface area contributed by atoms with E-state index in [1.165, 1.54) is 6.08 Å². The van der Waals surface area contributed by atoms with Gasteiger partial charge in [0.25, 0.3) is 0 Å². The van der Waals surface area contributed by atoms with Gasteiger partial charge in [-0.2, -0.15) is 0 Å². The summed E-state index contributed by atoms with van der Waals surface area (Å²) in [5, 5.41) is 17.4. The molecule has 0 aliphatic carbocycles. The second-order valence-electron chi connectivity index (χ2n) is 2.76. The van der Waals surface area contributed by atoms with Crippen molar-refractivity contribution in [1.82, 2.24) is 0 Å². The molecule has 0 aliphatic heterocycles. The molecule has 0 heterocycles. The van der Waals surface area contributed by atoms with Crippen LogP contribution in [0, 0.1) is 0 Å². The fourth-order valence-corrected chi connectivity index (χ4v) is 0.893. The van der Waals surface area contributed by atoms with Crippen LogP contribution in [-0.4, -0.2) is 22.3 Å². The Labute approximate surface area is 72.7 Å². The van der Waals surface area contributed by atoms with E-state index in [0.29, 0.717) is 6.42 Å². The monoisotopic (exact) mass is 172 g/mol. The molecule has 0 fully saturated rings. The van der Waals surface area contributed by atoms with E-state index in [4.69, 9.17) is 5.11 Å². The Morgan fingerprint density at radius 2 is 2.17 bits per heavy atom. The number of carbonyl (C=O) groups is 1. The van der Waals surface area contributed by atoms with Gasteiger partial charge in [-0.15, -0.1) is 0 Å². The molecule has 70 valence electrons. The predicted molar refractivity (Wildman–Crippen MR) is 46.9 cm³/mol. The standard InChI is InChI=1S/C9H16O3/c1-2-3-4-5-8(10)6-7-9(11)12/h6-8,10H,2-5H2,1H3,(H,11,12)/b7-6-. The first-order chi connectivity index (χ1) is 5.66. The molecule has 1 atom stereocenters. The van der Waals surface area contributed by atoms with Crippen LogP contribution in [0.25, 0.3) is 0 Å². The lowest BCUT2D eigenvalue weighted by Gasteiger charge is -2.02. The van der Waals surface area contributed by atoms with Crippen LogP contribution in [0.1, 0.15) is 32.6 Å². The second kappa shape index (κ2) is 6.85. The first-order valence-electron chi connectivity index (χ1n) is 4.26. The van der Waals surface area contributed by atoms with E-state index in [2.05, 4.69) is 6.92 Å². The fourth-order valence-electron chi connectivity index (χ4n) is 0.893. The van der Waals surface area contributed by atoms with Crippen molar-refractivity contribution in [2.75, 3.05) is 0 Å². The van der Waals surface area contributed by atoms with Crippen molar-refractivity contribution in [2.24, 2.45) is 0 Å². The van der Waals surface area contributed by atoms with Gasteiger partial charge < -0.3 is 10.2 Å². The van der Waals surface area contributed by atoms with Crippen LogP contribution in [0.15, 0.2) is 12.2 Å². The largest absolute Gasteiger partial charge is 0.478 e. The normalized spacial score (nSPS) is 13.5. The topological polar surface area (TPSA) is 57.5 Å². The van der Waals surface area contributed by atoms with Gasteiger partial charge in [0.05, 0.1) is 6.10 Å². The maximum Gasteiger partial charge on any atom is 0.328 e. The van der Waals surface area contributed by atoms with Gasteiger partial charge >= 0.3 is 5.97 Å². The molecule has 0 spiro atoms. The summed E-state index contributed by atoms with van der Waals surface area (Å²) in [5.74, 6) is -1.01. The van der Waals surface area contributed by atoms with E-state index >= 15 is 0 Å². The van der Waals surface area contributed by atoms with Crippen molar-refractivity contribution < 1.29 is 15.0 Å². The number of hydrogen-bond donors (Lipinski definition) is 2. The molecule has 1 unspecified atom stereocenters. The molecule has 0 saturated carbocycles. The lowest BCUT2D eigenvalue weighted by atomic mass is 10.1. The molecule has 0 radical (unpaired) electrons. The van der Waals surface area contributed by atoms with Crippen LogP contribution in [0.3, 0.4) is 0 Å². The summed E-state index contributed by atoms with van der Waals surface area (Å²) in [5.41, 5.74) is 0. The third-order valence-corrected chi connectivity index (χ3v) is 1.56. The molecule has 0 bridgehead atoms. The molecule has 0 rings (SSSR count). The number of unbranched alkanes of at least 4 members (excludes halogenated alkanes) is 2. The number of aliphatic hydroxyl groups excluding tert-OH is 1. The lowest BCUT2D eigenvalue weighted by molar-refractivity contribution is -0.131. The summed E-state index contributed by atoms with van der Waals surface area (Å²) in [7, 11) is 0. The summed E-state index contributed by atoms with van der Waals surface area (Å²) in [6.45, 7) is 2.08. The van der Waals surface area contributed by atoms with Gasteiger partial charge in [0, 0.05) is 6.08 Å². The highest BCUT2D eigenvalue weighted by Gasteiger charge is 1.98. The first-order valence-corrected chi connectivity index (χ1v) is 4.26. The minimum atomic E-state index is -1.01. The molecule has 0 aromatic carbocycles. The number of rotatable bonds is 6. The highest BCUT2D eigenvalue weighted by atomic mass is 16.4. The molecular weight excluding hydrogens is 156 g/mol. The lowest BCUT2D eigenvalue weighted by Crippen LogP contribution is -2.02. The summed E-state index contributed by atoms with van der Waals surface area (Å²) < 4.78 is 0. The van der Waals surface area contributed by atoms with Crippen LogP contribution in [-0.2, 0) is 4.79 Å². The number of carboxylic acids is 1. The zero-order chi connectivity index (χ0) is 9.40. The highest BCUT2D eigenvalue weighted by Crippen LogP contribution is 2.03. The first kappa shape index (κ1) is 11.2. The van der Waals surface area contributed by atoms with Crippen molar-refractivity contribution in [2.45, 2.75) is 38.7 Å². The van der Waals surface area contributed by atoms with Gasteiger partial charge in [-0.3, -0.25) is 0 Å². The van der Waals surface area contributed by atoms with Crippen molar-refractivity contribution in [1.29, 1.82) is 0 Å². The van der Waals surface area contributed by atoms with E-state index in [9.17, 15) is 9.90 Å². The quantitative estimate of drug-likeness (QED) is 0.472. The average molecular weight is 172 g/mol. The van der Waals surface area contributed by atoms with E-state index < -0.39 is 12.1 Å². The fraction of sp³-hybridized carbons (Fsp3) is 0.667. The molecule has 3 heteroatoms. The van der Waals surface area contributed by atoms with Crippen molar-refractivity contribution in [3.05, 3.63) is 12.2 Å². The van der Waals surface area contributed by atoms with Crippen LogP contribution in [0.2, 0.25) is 0 Å². The number of hydrogen-bond acceptors (Lipinski definition) is 2. The third kappa shape index (κ3) is 7.28. The third-order valence-electron chi connectivity index (χ3n) is 1.56. The van der Waals surface area contributed by atoms with Gasteiger partial charge in [0.2, 0.25) is 0 Å². The maximum absolute atomic E-state index is 10.0. The number of aliphatic carboxylic acids is 1. The molecule has 0 aliphatic rings. The highest BCUT2D eigenvalue weighted by molar-refractivity contribution is 5.79. The Hall–Kier alpha value is -0.830. The molecule has 12 heavy (non-hydrogen) atoms. The molecule has 0 aromatic heterocycles. The van der Waals surface area contributed by atoms with Gasteiger partial charge in [-0.25, -0.2) is 4.79 Å². The molecule has 0 saturated heterocycles. The van der Waals surface area contributed by atoms with E-state index in [0.717, 1.165) is 25.3 Å². The zero-order valence-corrected chi connectivity index (χ0v) is 7.36. The van der Waals surface area contributed by atoms with Gasteiger partial charge in [-0.05, 0) is 12.5 Å². The summed E-state index contributed by atoms with van der Waals surface area (Å²) in [6.07, 6.45) is 5.48. The van der Waals surface area contributed by atoms with Gasteiger partial charge in [0.15, 0.2) is 0 Å². The smallest absolute Gasteiger partial charge is 0.328 e. The van der Waals surface area contributed by atoms with E-state index in [-0.39, 0.29) is 0 Å². The Bertz CT molecular complexity index is 152. The van der Waals surface area contributed by atoms with Crippen LogP contribution >= 0.6 is 0 Å². The Morgan fingerprint density at radius 3 is 2.67 bits per heavy atom. The molecule has 0 amide bonds. The van der Waals surface area contributed by atoms with Crippen LogP contribution in [0.4, 0.5) is 0 Å². The molecule has 0 aromatic rings. The minimum absolute atomic E-state index is 0.604.